The molecule has 0 bridgehead atoms. The predicted octanol–water partition coefficient (Wildman–Crippen LogP) is 2.67. The van der Waals surface area contributed by atoms with Crippen molar-refractivity contribution in [3.05, 3.63) is 23.8 Å². The van der Waals surface area contributed by atoms with E-state index in [-0.39, 0.29) is 5.75 Å². The zero-order valence-electron chi connectivity index (χ0n) is 9.70. The van der Waals surface area contributed by atoms with Gasteiger partial charge in [0, 0.05) is 0 Å². The number of aromatic carboxylic acids is 1. The Morgan fingerprint density at radius 1 is 1.42 bits per heavy atom. The van der Waals surface area contributed by atoms with E-state index >= 15 is 0 Å². The second-order valence-electron chi connectivity index (χ2n) is 3.52. The fourth-order valence-electron chi connectivity index (χ4n) is 1.17. The highest BCUT2D eigenvalue weighted by Gasteiger charge is 2.42. The fraction of sp³-hybridized carbons (Fsp3) is 0.364. The summed E-state index contributed by atoms with van der Waals surface area (Å²) in [6.45, 7) is -1.61. The molecule has 0 fully saturated rings. The summed E-state index contributed by atoms with van der Waals surface area (Å²) in [5, 5.41) is 8.85. The van der Waals surface area contributed by atoms with E-state index in [1.54, 1.807) is 0 Å². The molecule has 8 heteroatoms. The largest absolute Gasteiger partial charge is 0.497 e. The maximum atomic E-state index is 12.7. The van der Waals surface area contributed by atoms with Gasteiger partial charge in [0.15, 0.2) is 6.61 Å². The van der Waals surface area contributed by atoms with E-state index in [1.807, 2.05) is 0 Å². The summed E-state index contributed by atoms with van der Waals surface area (Å²) < 4.78 is 58.4. The van der Waals surface area contributed by atoms with Crippen LogP contribution in [0.3, 0.4) is 0 Å². The SMILES string of the molecule is COc1ccc(OCC(F)(F)C(F)F)c(C(=O)O)c1. The van der Waals surface area contributed by atoms with Crippen LogP contribution in [0.4, 0.5) is 17.6 Å². The van der Waals surface area contributed by atoms with Crippen LogP contribution in [0.2, 0.25) is 0 Å². The van der Waals surface area contributed by atoms with Gasteiger partial charge in [0.05, 0.1) is 7.11 Å². The molecule has 0 aliphatic carbocycles. The number of benzene rings is 1. The fourth-order valence-corrected chi connectivity index (χ4v) is 1.17. The molecule has 19 heavy (non-hydrogen) atoms. The topological polar surface area (TPSA) is 55.8 Å². The highest BCUT2D eigenvalue weighted by atomic mass is 19.3. The first-order valence-corrected chi connectivity index (χ1v) is 4.98. The van der Waals surface area contributed by atoms with Gasteiger partial charge < -0.3 is 14.6 Å². The average Bonchev–Trinajstić information content (AvgIpc) is 2.35. The maximum Gasteiger partial charge on any atom is 0.340 e. The second-order valence-corrected chi connectivity index (χ2v) is 3.52. The van der Waals surface area contributed by atoms with Crippen molar-refractivity contribution in [3.8, 4) is 11.5 Å². The Morgan fingerprint density at radius 3 is 2.53 bits per heavy atom. The molecule has 0 aliphatic rings. The van der Waals surface area contributed by atoms with E-state index in [4.69, 9.17) is 9.84 Å². The first kappa shape index (κ1) is 15.1. The molecular formula is C11H10F4O4. The van der Waals surface area contributed by atoms with Crippen LogP contribution >= 0.6 is 0 Å². The number of carboxylic acid groups (broad SMARTS) is 1. The molecule has 1 aromatic carbocycles. The van der Waals surface area contributed by atoms with Crippen LogP contribution in [0.15, 0.2) is 18.2 Å². The van der Waals surface area contributed by atoms with E-state index in [2.05, 4.69) is 4.74 Å². The third kappa shape index (κ3) is 3.73. The number of hydrogen-bond acceptors (Lipinski definition) is 3. The van der Waals surface area contributed by atoms with Crippen LogP contribution in [0.1, 0.15) is 10.4 Å². The molecule has 0 spiro atoms. The minimum atomic E-state index is -4.35. The van der Waals surface area contributed by atoms with E-state index < -0.39 is 36.2 Å². The Balaban J connectivity index is 2.92. The summed E-state index contributed by atoms with van der Waals surface area (Å²) in [7, 11) is 1.28. The lowest BCUT2D eigenvalue weighted by atomic mass is 10.2. The van der Waals surface area contributed by atoms with Crippen LogP contribution in [0.25, 0.3) is 0 Å². The Kier molecular flexibility index (Phi) is 4.57. The smallest absolute Gasteiger partial charge is 0.340 e. The maximum absolute atomic E-state index is 12.7. The molecule has 0 saturated carbocycles. The zero-order chi connectivity index (χ0) is 14.6. The number of rotatable bonds is 6. The lowest BCUT2D eigenvalue weighted by molar-refractivity contribution is -0.148. The van der Waals surface area contributed by atoms with Crippen molar-refractivity contribution in [1.82, 2.24) is 0 Å². The number of halogens is 4. The van der Waals surface area contributed by atoms with Crippen molar-refractivity contribution in [1.29, 1.82) is 0 Å². The third-order valence-electron chi connectivity index (χ3n) is 2.16. The summed E-state index contributed by atoms with van der Waals surface area (Å²) in [6.07, 6.45) is -3.89. The molecule has 1 aromatic rings. The van der Waals surface area contributed by atoms with Crippen LogP contribution in [0, 0.1) is 0 Å². The Labute approximate surface area is 105 Å². The van der Waals surface area contributed by atoms with Gasteiger partial charge >= 0.3 is 18.3 Å². The Hall–Kier alpha value is -1.99. The lowest BCUT2D eigenvalue weighted by Gasteiger charge is -2.17. The minimum Gasteiger partial charge on any atom is -0.497 e. The summed E-state index contributed by atoms with van der Waals surface area (Å²) in [4.78, 5) is 10.9. The average molecular weight is 282 g/mol. The molecule has 4 nitrogen and oxygen atoms in total. The van der Waals surface area contributed by atoms with E-state index in [0.29, 0.717) is 0 Å². The number of hydrogen-bond donors (Lipinski definition) is 1. The third-order valence-corrected chi connectivity index (χ3v) is 2.16. The number of alkyl halides is 4. The number of methoxy groups -OCH3 is 1. The van der Waals surface area contributed by atoms with Crippen molar-refractivity contribution in [3.63, 3.8) is 0 Å². The van der Waals surface area contributed by atoms with Gasteiger partial charge in [-0.15, -0.1) is 0 Å². The molecule has 0 aliphatic heterocycles. The van der Waals surface area contributed by atoms with Gasteiger partial charge in [-0.25, -0.2) is 13.6 Å². The minimum absolute atomic E-state index is 0.172. The molecule has 106 valence electrons. The van der Waals surface area contributed by atoms with Crippen LogP contribution in [0.5, 0.6) is 11.5 Å². The molecule has 1 rings (SSSR count). The molecule has 0 saturated heterocycles. The molecule has 0 aromatic heterocycles. The van der Waals surface area contributed by atoms with Crippen molar-refractivity contribution in [2.45, 2.75) is 12.3 Å². The van der Waals surface area contributed by atoms with Gasteiger partial charge in [-0.05, 0) is 18.2 Å². The van der Waals surface area contributed by atoms with Gasteiger partial charge in [-0.2, -0.15) is 8.78 Å². The summed E-state index contributed by atoms with van der Waals surface area (Å²) in [5.74, 6) is -6.07. The summed E-state index contributed by atoms with van der Waals surface area (Å²) >= 11 is 0. The molecule has 1 N–H and O–H groups in total. The van der Waals surface area contributed by atoms with Crippen LogP contribution in [-0.4, -0.2) is 37.1 Å². The first-order valence-electron chi connectivity index (χ1n) is 4.98. The molecule has 0 heterocycles. The molecule has 0 radical (unpaired) electrons. The quantitative estimate of drug-likeness (QED) is 0.815. The summed E-state index contributed by atoms with van der Waals surface area (Å²) in [5.41, 5.74) is -0.454. The van der Waals surface area contributed by atoms with Gasteiger partial charge in [0.1, 0.15) is 17.1 Å². The molecule has 0 unspecified atom stereocenters. The van der Waals surface area contributed by atoms with E-state index in [0.717, 1.165) is 12.1 Å². The van der Waals surface area contributed by atoms with Gasteiger partial charge in [0.2, 0.25) is 0 Å². The van der Waals surface area contributed by atoms with Crippen molar-refractivity contribution < 1.29 is 36.9 Å². The number of carboxylic acids is 1. The Morgan fingerprint density at radius 2 is 2.05 bits per heavy atom. The Bertz CT molecular complexity index is 462. The standard InChI is InChI=1S/C11H10F4O4/c1-18-6-2-3-8(7(4-6)9(16)17)19-5-11(14,15)10(12)13/h2-4,10H,5H2,1H3,(H,16,17). The van der Waals surface area contributed by atoms with Gasteiger partial charge in [0.25, 0.3) is 0 Å². The highest BCUT2D eigenvalue weighted by molar-refractivity contribution is 5.91. The van der Waals surface area contributed by atoms with Gasteiger partial charge in [-0.3, -0.25) is 0 Å². The lowest BCUT2D eigenvalue weighted by Crippen LogP contribution is -2.34. The molecule has 0 amide bonds. The van der Waals surface area contributed by atoms with Gasteiger partial charge in [-0.1, -0.05) is 0 Å². The first-order chi connectivity index (χ1) is 8.77. The zero-order valence-corrected chi connectivity index (χ0v) is 9.70. The van der Waals surface area contributed by atoms with Crippen molar-refractivity contribution in [2.24, 2.45) is 0 Å². The predicted molar refractivity (Wildman–Crippen MR) is 56.4 cm³/mol. The molecule has 0 atom stereocenters. The van der Waals surface area contributed by atoms with Crippen LogP contribution < -0.4 is 9.47 Å². The van der Waals surface area contributed by atoms with Crippen LogP contribution in [-0.2, 0) is 0 Å². The molecular weight excluding hydrogens is 272 g/mol. The highest BCUT2D eigenvalue weighted by Crippen LogP contribution is 2.28. The second kappa shape index (κ2) is 5.77. The van der Waals surface area contributed by atoms with E-state index in [9.17, 15) is 22.4 Å². The summed E-state index contributed by atoms with van der Waals surface area (Å²) in [6, 6.07) is 3.37. The van der Waals surface area contributed by atoms with E-state index in [1.165, 1.54) is 13.2 Å². The van der Waals surface area contributed by atoms with Crippen molar-refractivity contribution >= 4 is 5.97 Å². The van der Waals surface area contributed by atoms with Crippen molar-refractivity contribution in [2.75, 3.05) is 13.7 Å². The number of ether oxygens (including phenoxy) is 2. The normalized spacial score (nSPS) is 11.5. The number of carbonyl (C=O) groups is 1. The monoisotopic (exact) mass is 282 g/mol.